The number of ether oxygens (including phenoxy) is 2. The third-order valence-electron chi connectivity index (χ3n) is 3.97. The van der Waals surface area contributed by atoms with E-state index >= 15 is 0 Å². The van der Waals surface area contributed by atoms with Crippen molar-refractivity contribution >= 4 is 27.5 Å². The molecule has 1 unspecified atom stereocenters. The van der Waals surface area contributed by atoms with Crippen LogP contribution >= 0.6 is 11.6 Å². The summed E-state index contributed by atoms with van der Waals surface area (Å²) in [5, 5.41) is 3.00. The van der Waals surface area contributed by atoms with Crippen LogP contribution in [-0.4, -0.2) is 71.8 Å². The van der Waals surface area contributed by atoms with Gasteiger partial charge in [-0.15, -0.1) is 0 Å². The second kappa shape index (κ2) is 9.52. The number of benzene rings is 1. The van der Waals surface area contributed by atoms with E-state index in [0.29, 0.717) is 26.3 Å². The molecule has 2 rings (SSSR count). The monoisotopic (exact) mass is 405 g/mol. The standard InChI is InChI=1S/C16H24ClN3O5S/c1-12(16(21)18-5-6-20-7-9-25-10-8-20)19-26(22,23)15-11-13(17)3-4-14(15)24-2/h3-4,11-12,19H,5-10H2,1-2H3,(H,18,21). The van der Waals surface area contributed by atoms with Gasteiger partial charge in [-0.25, -0.2) is 8.42 Å². The minimum atomic E-state index is -3.96. The molecule has 1 aromatic rings. The van der Waals surface area contributed by atoms with Crippen molar-refractivity contribution in [1.82, 2.24) is 14.9 Å². The molecule has 0 saturated carbocycles. The van der Waals surface area contributed by atoms with Crippen molar-refractivity contribution in [3.63, 3.8) is 0 Å². The van der Waals surface area contributed by atoms with Crippen molar-refractivity contribution in [3.8, 4) is 5.75 Å². The van der Waals surface area contributed by atoms with Gasteiger partial charge in [0.1, 0.15) is 10.6 Å². The Kier molecular flexibility index (Phi) is 7.66. The molecule has 10 heteroatoms. The number of sulfonamides is 1. The van der Waals surface area contributed by atoms with Crippen molar-refractivity contribution in [3.05, 3.63) is 23.2 Å². The van der Waals surface area contributed by atoms with Crippen LogP contribution in [0.3, 0.4) is 0 Å². The highest BCUT2D eigenvalue weighted by atomic mass is 35.5. The third-order valence-corrected chi connectivity index (χ3v) is 5.77. The topological polar surface area (TPSA) is 97.0 Å². The van der Waals surface area contributed by atoms with Gasteiger partial charge in [0.25, 0.3) is 0 Å². The van der Waals surface area contributed by atoms with Gasteiger partial charge in [-0.1, -0.05) is 11.6 Å². The highest BCUT2D eigenvalue weighted by molar-refractivity contribution is 7.89. The molecular formula is C16H24ClN3O5S. The molecule has 1 fully saturated rings. The maximum absolute atomic E-state index is 12.5. The Morgan fingerprint density at radius 2 is 2.08 bits per heavy atom. The van der Waals surface area contributed by atoms with E-state index < -0.39 is 22.0 Å². The first kappa shape index (κ1) is 20.9. The number of hydrogen-bond donors (Lipinski definition) is 2. The molecule has 8 nitrogen and oxygen atoms in total. The maximum atomic E-state index is 12.5. The van der Waals surface area contributed by atoms with E-state index in [2.05, 4.69) is 14.9 Å². The average Bonchev–Trinajstić information content (AvgIpc) is 2.62. The zero-order valence-corrected chi connectivity index (χ0v) is 16.4. The fourth-order valence-corrected chi connectivity index (χ4v) is 4.16. The average molecular weight is 406 g/mol. The zero-order chi connectivity index (χ0) is 19.2. The van der Waals surface area contributed by atoms with Gasteiger partial charge in [-0.2, -0.15) is 4.72 Å². The van der Waals surface area contributed by atoms with Crippen molar-refractivity contribution in [2.45, 2.75) is 17.9 Å². The van der Waals surface area contributed by atoms with E-state index in [1.165, 1.54) is 32.2 Å². The lowest BCUT2D eigenvalue weighted by Gasteiger charge is -2.26. The molecule has 1 aliphatic rings. The summed E-state index contributed by atoms with van der Waals surface area (Å²) >= 11 is 5.88. The van der Waals surface area contributed by atoms with Gasteiger partial charge in [0.05, 0.1) is 26.4 Å². The third kappa shape index (κ3) is 5.82. The molecular weight excluding hydrogens is 382 g/mol. The molecule has 0 bridgehead atoms. The fraction of sp³-hybridized carbons (Fsp3) is 0.562. The molecule has 26 heavy (non-hydrogen) atoms. The number of nitrogens with zero attached hydrogens (tertiary/aromatic N) is 1. The second-order valence-electron chi connectivity index (χ2n) is 5.88. The predicted molar refractivity (Wildman–Crippen MR) is 98.1 cm³/mol. The predicted octanol–water partition coefficient (Wildman–Crippen LogP) is 0.464. The first-order chi connectivity index (χ1) is 12.3. The molecule has 1 amide bonds. The van der Waals surface area contributed by atoms with Crippen molar-refractivity contribution in [2.75, 3.05) is 46.5 Å². The molecule has 2 N–H and O–H groups in total. The Labute approximate surface area is 158 Å². The summed E-state index contributed by atoms with van der Waals surface area (Å²) in [6, 6.07) is 3.34. The van der Waals surface area contributed by atoms with Crippen LogP contribution in [0.2, 0.25) is 5.02 Å². The van der Waals surface area contributed by atoms with Crippen LogP contribution in [0.5, 0.6) is 5.75 Å². The molecule has 146 valence electrons. The van der Waals surface area contributed by atoms with Crippen LogP contribution in [0.4, 0.5) is 0 Å². The van der Waals surface area contributed by atoms with Gasteiger partial charge in [-0.3, -0.25) is 9.69 Å². The number of carbonyl (C=O) groups is 1. The van der Waals surface area contributed by atoms with Gasteiger partial charge in [-0.05, 0) is 25.1 Å². The van der Waals surface area contributed by atoms with E-state index in [-0.39, 0.29) is 15.7 Å². The van der Waals surface area contributed by atoms with E-state index in [9.17, 15) is 13.2 Å². The van der Waals surface area contributed by atoms with Gasteiger partial charge in [0, 0.05) is 31.2 Å². The van der Waals surface area contributed by atoms with Crippen LogP contribution in [0.15, 0.2) is 23.1 Å². The molecule has 0 radical (unpaired) electrons. The number of halogens is 1. The Bertz CT molecular complexity index is 723. The smallest absolute Gasteiger partial charge is 0.245 e. The molecule has 1 atom stereocenters. The molecule has 0 aliphatic carbocycles. The number of rotatable bonds is 8. The number of nitrogens with one attached hydrogen (secondary N) is 2. The van der Waals surface area contributed by atoms with E-state index in [4.69, 9.17) is 21.1 Å². The van der Waals surface area contributed by atoms with Crippen LogP contribution in [0.25, 0.3) is 0 Å². The summed E-state index contributed by atoms with van der Waals surface area (Å²) in [6.45, 7) is 5.64. The fourth-order valence-electron chi connectivity index (χ4n) is 2.53. The summed E-state index contributed by atoms with van der Waals surface area (Å²) in [7, 11) is -2.60. The Morgan fingerprint density at radius 3 is 2.73 bits per heavy atom. The molecule has 1 saturated heterocycles. The van der Waals surface area contributed by atoms with E-state index in [0.717, 1.165) is 13.1 Å². The van der Waals surface area contributed by atoms with Crippen LogP contribution < -0.4 is 14.8 Å². The van der Waals surface area contributed by atoms with Crippen LogP contribution in [0, 0.1) is 0 Å². The lowest BCUT2D eigenvalue weighted by atomic mass is 10.3. The van der Waals surface area contributed by atoms with Crippen LogP contribution in [-0.2, 0) is 19.6 Å². The van der Waals surface area contributed by atoms with Gasteiger partial charge in [0.2, 0.25) is 15.9 Å². The highest BCUT2D eigenvalue weighted by Crippen LogP contribution is 2.27. The summed E-state index contributed by atoms with van der Waals surface area (Å²) in [5.74, 6) is -0.246. The molecule has 1 aliphatic heterocycles. The molecule has 1 heterocycles. The van der Waals surface area contributed by atoms with Crippen molar-refractivity contribution in [2.24, 2.45) is 0 Å². The van der Waals surface area contributed by atoms with Crippen molar-refractivity contribution < 1.29 is 22.7 Å². The normalized spacial score (nSPS) is 16.9. The summed E-state index contributed by atoms with van der Waals surface area (Å²) in [4.78, 5) is 14.2. The van der Waals surface area contributed by atoms with Gasteiger partial charge < -0.3 is 14.8 Å². The number of amides is 1. The molecule has 0 aromatic heterocycles. The largest absolute Gasteiger partial charge is 0.495 e. The molecule has 0 spiro atoms. The Balaban J connectivity index is 1.91. The first-order valence-corrected chi connectivity index (χ1v) is 10.1. The number of hydrogen-bond acceptors (Lipinski definition) is 6. The number of carbonyl (C=O) groups excluding carboxylic acids is 1. The summed E-state index contributed by atoms with van der Waals surface area (Å²) in [6.07, 6.45) is 0. The molecule has 1 aromatic carbocycles. The SMILES string of the molecule is COc1ccc(Cl)cc1S(=O)(=O)NC(C)C(=O)NCCN1CCOCC1. The quantitative estimate of drug-likeness (QED) is 0.652. The lowest BCUT2D eigenvalue weighted by Crippen LogP contribution is -2.47. The van der Waals surface area contributed by atoms with E-state index in [1.54, 1.807) is 0 Å². The Morgan fingerprint density at radius 1 is 1.38 bits per heavy atom. The van der Waals surface area contributed by atoms with Crippen LogP contribution in [0.1, 0.15) is 6.92 Å². The maximum Gasteiger partial charge on any atom is 0.245 e. The number of methoxy groups -OCH3 is 1. The number of morpholine rings is 1. The minimum absolute atomic E-state index is 0.111. The van der Waals surface area contributed by atoms with Gasteiger partial charge >= 0.3 is 0 Å². The zero-order valence-electron chi connectivity index (χ0n) is 14.8. The minimum Gasteiger partial charge on any atom is -0.495 e. The Hall–Kier alpha value is -1.39. The van der Waals surface area contributed by atoms with Gasteiger partial charge in [0.15, 0.2) is 0 Å². The summed E-state index contributed by atoms with van der Waals surface area (Å²) in [5.41, 5.74) is 0. The second-order valence-corrected chi connectivity index (χ2v) is 8.00. The first-order valence-electron chi connectivity index (χ1n) is 8.27. The van der Waals surface area contributed by atoms with E-state index in [1.807, 2.05) is 0 Å². The highest BCUT2D eigenvalue weighted by Gasteiger charge is 2.25. The van der Waals surface area contributed by atoms with Crippen molar-refractivity contribution in [1.29, 1.82) is 0 Å². The lowest BCUT2D eigenvalue weighted by molar-refractivity contribution is -0.122. The summed E-state index contributed by atoms with van der Waals surface area (Å²) < 4.78 is 37.8.